The van der Waals surface area contributed by atoms with Crippen molar-refractivity contribution in [3.63, 3.8) is 0 Å². The molecular formula is C23H26N2O6. The van der Waals surface area contributed by atoms with Crippen LogP contribution < -0.4 is 20.1 Å². The fourth-order valence-electron chi connectivity index (χ4n) is 2.94. The minimum Gasteiger partial charge on any atom is -0.493 e. The van der Waals surface area contributed by atoms with Gasteiger partial charge in [-0.1, -0.05) is 25.8 Å². The van der Waals surface area contributed by atoms with Gasteiger partial charge in [-0.25, -0.2) is 0 Å². The van der Waals surface area contributed by atoms with E-state index in [1.807, 2.05) is 0 Å². The maximum atomic E-state index is 12.5. The maximum Gasteiger partial charge on any atom is 0.288 e. The molecule has 2 aromatic heterocycles. The van der Waals surface area contributed by atoms with Gasteiger partial charge in [-0.15, -0.1) is 0 Å². The van der Waals surface area contributed by atoms with Crippen LogP contribution in [0, 0.1) is 0 Å². The van der Waals surface area contributed by atoms with E-state index in [4.69, 9.17) is 18.3 Å². The highest BCUT2D eigenvalue weighted by Crippen LogP contribution is 2.30. The van der Waals surface area contributed by atoms with Crippen LogP contribution in [0.3, 0.4) is 0 Å². The van der Waals surface area contributed by atoms with Gasteiger partial charge in [0.2, 0.25) is 0 Å². The Balaban J connectivity index is 1.81. The predicted octanol–water partition coefficient (Wildman–Crippen LogP) is 4.31. The summed E-state index contributed by atoms with van der Waals surface area (Å²) in [6.07, 6.45) is 5.07. The van der Waals surface area contributed by atoms with Gasteiger partial charge >= 0.3 is 0 Å². The van der Waals surface area contributed by atoms with Crippen molar-refractivity contribution in [2.24, 2.45) is 0 Å². The number of carbonyl (C=O) groups is 2. The number of unbranched alkanes of at least 4 members (excludes halogenated alkanes) is 2. The summed E-state index contributed by atoms with van der Waals surface area (Å²) in [6, 6.07) is 11.5. The number of rotatable bonds is 11. The minimum atomic E-state index is -0.863. The number of methoxy groups -OCH3 is 1. The molecule has 3 aromatic rings. The van der Waals surface area contributed by atoms with Crippen LogP contribution in [-0.2, 0) is 0 Å². The zero-order valence-corrected chi connectivity index (χ0v) is 17.6. The number of amides is 2. The average Bonchev–Trinajstić information content (AvgIpc) is 3.50. The highest BCUT2D eigenvalue weighted by Gasteiger charge is 2.22. The van der Waals surface area contributed by atoms with Crippen molar-refractivity contribution in [2.75, 3.05) is 13.7 Å². The summed E-state index contributed by atoms with van der Waals surface area (Å²) in [5.74, 6) is 0.386. The lowest BCUT2D eigenvalue weighted by Crippen LogP contribution is -2.41. The summed E-state index contributed by atoms with van der Waals surface area (Å²) in [7, 11) is 1.54. The zero-order chi connectivity index (χ0) is 22.1. The smallest absolute Gasteiger partial charge is 0.288 e. The van der Waals surface area contributed by atoms with Gasteiger partial charge < -0.3 is 28.9 Å². The van der Waals surface area contributed by atoms with Crippen LogP contribution in [-0.4, -0.2) is 25.5 Å². The Hall–Kier alpha value is -3.68. The SMILES string of the molecule is CCCCCOc1ccc(C(NC(=O)c2ccco2)NC(=O)c2ccco2)cc1OC. The molecule has 0 radical (unpaired) electrons. The van der Waals surface area contributed by atoms with Crippen LogP contribution in [0.5, 0.6) is 11.5 Å². The first kappa shape index (κ1) is 22.0. The van der Waals surface area contributed by atoms with E-state index >= 15 is 0 Å². The molecule has 2 heterocycles. The van der Waals surface area contributed by atoms with Gasteiger partial charge in [0, 0.05) is 0 Å². The molecule has 8 heteroatoms. The van der Waals surface area contributed by atoms with Crippen LogP contribution >= 0.6 is 0 Å². The van der Waals surface area contributed by atoms with Crippen molar-refractivity contribution >= 4 is 11.8 Å². The van der Waals surface area contributed by atoms with Crippen molar-refractivity contribution in [3.05, 3.63) is 72.1 Å². The van der Waals surface area contributed by atoms with E-state index in [1.54, 1.807) is 30.3 Å². The Morgan fingerprint density at radius 3 is 2.10 bits per heavy atom. The van der Waals surface area contributed by atoms with Gasteiger partial charge in [-0.2, -0.15) is 0 Å². The van der Waals surface area contributed by atoms with E-state index < -0.39 is 18.0 Å². The second-order valence-electron chi connectivity index (χ2n) is 6.80. The highest BCUT2D eigenvalue weighted by atomic mass is 16.5. The summed E-state index contributed by atoms with van der Waals surface area (Å²) in [6.45, 7) is 2.71. The Morgan fingerprint density at radius 1 is 0.935 bits per heavy atom. The van der Waals surface area contributed by atoms with E-state index in [2.05, 4.69) is 17.6 Å². The van der Waals surface area contributed by atoms with Gasteiger partial charge in [-0.3, -0.25) is 9.59 Å². The van der Waals surface area contributed by atoms with Crippen molar-refractivity contribution in [2.45, 2.75) is 32.4 Å². The van der Waals surface area contributed by atoms with Crippen LogP contribution in [0.1, 0.15) is 59.0 Å². The molecule has 0 aliphatic rings. The lowest BCUT2D eigenvalue weighted by molar-refractivity contribution is 0.0853. The third-order valence-corrected chi connectivity index (χ3v) is 4.57. The maximum absolute atomic E-state index is 12.5. The average molecular weight is 426 g/mol. The number of hydrogen-bond acceptors (Lipinski definition) is 6. The van der Waals surface area contributed by atoms with Crippen molar-refractivity contribution in [1.29, 1.82) is 0 Å². The van der Waals surface area contributed by atoms with Crippen molar-refractivity contribution in [3.8, 4) is 11.5 Å². The van der Waals surface area contributed by atoms with E-state index in [1.165, 1.54) is 31.8 Å². The Bertz CT molecular complexity index is 918. The molecule has 0 fully saturated rings. The molecule has 164 valence electrons. The molecule has 0 spiro atoms. The molecule has 0 aliphatic carbocycles. The molecule has 0 atom stereocenters. The first-order valence-corrected chi connectivity index (χ1v) is 10.1. The van der Waals surface area contributed by atoms with Crippen LogP contribution in [0.25, 0.3) is 0 Å². The van der Waals surface area contributed by atoms with Crippen LogP contribution in [0.4, 0.5) is 0 Å². The molecule has 31 heavy (non-hydrogen) atoms. The Labute approximate surface area is 180 Å². The molecular weight excluding hydrogens is 400 g/mol. The number of carbonyl (C=O) groups excluding carboxylic acids is 2. The molecule has 0 saturated carbocycles. The quantitative estimate of drug-likeness (QED) is 0.350. The molecule has 8 nitrogen and oxygen atoms in total. The monoisotopic (exact) mass is 426 g/mol. The Morgan fingerprint density at radius 2 is 1.58 bits per heavy atom. The summed E-state index contributed by atoms with van der Waals surface area (Å²) in [5, 5.41) is 5.51. The van der Waals surface area contributed by atoms with Gasteiger partial charge in [-0.05, 0) is 48.4 Å². The standard InChI is InChI=1S/C23H26N2O6/c1-3-4-5-12-29-17-11-10-16(15-20(17)28-2)21(24-22(26)18-8-6-13-30-18)25-23(27)19-9-7-14-31-19/h6-11,13-15,21H,3-5,12H2,1-2H3,(H,24,26)(H,25,27). The molecule has 3 rings (SSSR count). The van der Waals surface area contributed by atoms with Crippen LogP contribution in [0.15, 0.2) is 63.8 Å². The second kappa shape index (κ2) is 10.9. The number of nitrogens with one attached hydrogen (secondary N) is 2. The molecule has 2 amide bonds. The van der Waals surface area contributed by atoms with E-state index in [0.717, 1.165) is 19.3 Å². The topological polar surface area (TPSA) is 103 Å². The highest BCUT2D eigenvalue weighted by molar-refractivity contribution is 5.94. The molecule has 1 aromatic carbocycles. The Kier molecular flexibility index (Phi) is 7.75. The van der Waals surface area contributed by atoms with E-state index in [-0.39, 0.29) is 11.5 Å². The predicted molar refractivity (Wildman–Crippen MR) is 113 cm³/mol. The van der Waals surface area contributed by atoms with Crippen LogP contribution in [0.2, 0.25) is 0 Å². The molecule has 0 aliphatic heterocycles. The second-order valence-corrected chi connectivity index (χ2v) is 6.80. The summed E-state index contributed by atoms with van der Waals surface area (Å²) < 4.78 is 21.6. The fourth-order valence-corrected chi connectivity index (χ4v) is 2.94. The van der Waals surface area contributed by atoms with Gasteiger partial charge in [0.05, 0.1) is 26.2 Å². The number of hydrogen-bond donors (Lipinski definition) is 2. The lowest BCUT2D eigenvalue weighted by Gasteiger charge is -2.21. The zero-order valence-electron chi connectivity index (χ0n) is 17.6. The molecule has 0 unspecified atom stereocenters. The van der Waals surface area contributed by atoms with Gasteiger partial charge in [0.15, 0.2) is 23.0 Å². The first-order valence-electron chi connectivity index (χ1n) is 10.1. The third kappa shape index (κ3) is 5.91. The summed E-state index contributed by atoms with van der Waals surface area (Å²) in [5.41, 5.74) is 0.595. The van der Waals surface area contributed by atoms with Gasteiger partial charge in [0.1, 0.15) is 6.17 Å². The third-order valence-electron chi connectivity index (χ3n) is 4.57. The summed E-state index contributed by atoms with van der Waals surface area (Å²) in [4.78, 5) is 25.1. The number of benzene rings is 1. The first-order chi connectivity index (χ1) is 15.1. The summed E-state index contributed by atoms with van der Waals surface area (Å²) >= 11 is 0. The lowest BCUT2D eigenvalue weighted by atomic mass is 10.1. The molecule has 0 saturated heterocycles. The number of furan rings is 2. The number of ether oxygens (including phenoxy) is 2. The van der Waals surface area contributed by atoms with E-state index in [9.17, 15) is 9.59 Å². The van der Waals surface area contributed by atoms with E-state index in [0.29, 0.717) is 23.7 Å². The largest absolute Gasteiger partial charge is 0.493 e. The fraction of sp³-hybridized carbons (Fsp3) is 0.304. The van der Waals surface area contributed by atoms with Crippen molar-refractivity contribution < 1.29 is 27.9 Å². The van der Waals surface area contributed by atoms with Gasteiger partial charge in [0.25, 0.3) is 11.8 Å². The van der Waals surface area contributed by atoms with Crippen molar-refractivity contribution in [1.82, 2.24) is 10.6 Å². The molecule has 2 N–H and O–H groups in total. The molecule has 0 bridgehead atoms. The minimum absolute atomic E-state index is 0.125. The normalized spacial score (nSPS) is 10.7.